The fourth-order valence-electron chi connectivity index (χ4n) is 0.989. The van der Waals surface area contributed by atoms with Gasteiger partial charge in [-0.2, -0.15) is 0 Å². The Morgan fingerprint density at radius 1 is 1.58 bits per heavy atom. The summed E-state index contributed by atoms with van der Waals surface area (Å²) in [6, 6.07) is -0.720. The molecule has 0 bridgehead atoms. The number of rotatable bonds is 4. The SMILES string of the molecule is O=[C]C(NC=O)C1COCCO1. The van der Waals surface area contributed by atoms with Crippen LogP contribution in [0.3, 0.4) is 0 Å². The van der Waals surface area contributed by atoms with E-state index >= 15 is 0 Å². The molecule has 1 radical (unpaired) electrons. The van der Waals surface area contributed by atoms with Gasteiger partial charge in [-0.3, -0.25) is 9.59 Å². The van der Waals surface area contributed by atoms with E-state index in [1.807, 2.05) is 0 Å². The summed E-state index contributed by atoms with van der Waals surface area (Å²) in [5.74, 6) is 0. The summed E-state index contributed by atoms with van der Waals surface area (Å²) in [5.41, 5.74) is 0. The molecule has 5 nitrogen and oxygen atoms in total. The molecule has 1 rings (SSSR count). The molecular formula is C7H10NO4. The maximum Gasteiger partial charge on any atom is 0.225 e. The van der Waals surface area contributed by atoms with Crippen molar-refractivity contribution >= 4 is 12.7 Å². The lowest BCUT2D eigenvalue weighted by Crippen LogP contribution is -2.47. The molecule has 5 heteroatoms. The minimum absolute atomic E-state index is 0.320. The Morgan fingerprint density at radius 2 is 2.42 bits per heavy atom. The van der Waals surface area contributed by atoms with Crippen LogP contribution in [0.2, 0.25) is 0 Å². The predicted octanol–water partition coefficient (Wildman–Crippen LogP) is -1.37. The van der Waals surface area contributed by atoms with Crippen LogP contribution < -0.4 is 5.32 Å². The maximum atomic E-state index is 10.3. The molecule has 1 N–H and O–H groups in total. The lowest BCUT2D eigenvalue weighted by atomic mass is 10.2. The fourth-order valence-corrected chi connectivity index (χ4v) is 0.989. The molecule has 1 aliphatic rings. The summed E-state index contributed by atoms with van der Waals surface area (Å²) in [7, 11) is 0. The average molecular weight is 172 g/mol. The van der Waals surface area contributed by atoms with Gasteiger partial charge in [0.05, 0.1) is 19.8 Å². The number of carbonyl (C=O) groups excluding carboxylic acids is 2. The van der Waals surface area contributed by atoms with Crippen LogP contribution in [0, 0.1) is 0 Å². The predicted molar refractivity (Wildman–Crippen MR) is 39.2 cm³/mol. The van der Waals surface area contributed by atoms with E-state index in [0.717, 1.165) is 0 Å². The van der Waals surface area contributed by atoms with E-state index in [2.05, 4.69) is 5.32 Å². The highest BCUT2D eigenvalue weighted by Crippen LogP contribution is 2.03. The number of nitrogens with one attached hydrogen (secondary N) is 1. The van der Waals surface area contributed by atoms with Crippen molar-refractivity contribution in [2.75, 3.05) is 19.8 Å². The largest absolute Gasteiger partial charge is 0.376 e. The second-order valence-electron chi connectivity index (χ2n) is 2.36. The highest BCUT2D eigenvalue weighted by molar-refractivity contribution is 5.65. The first kappa shape index (κ1) is 9.15. The standard InChI is InChI=1S/C7H10NO4/c9-3-6(8-5-10)7-4-11-1-2-12-7/h5-7H,1-2,4H2,(H,8,10). The third-order valence-electron chi connectivity index (χ3n) is 1.59. The molecule has 1 heterocycles. The molecule has 1 saturated heterocycles. The number of hydrogen-bond acceptors (Lipinski definition) is 4. The van der Waals surface area contributed by atoms with E-state index in [9.17, 15) is 9.59 Å². The molecular weight excluding hydrogens is 162 g/mol. The van der Waals surface area contributed by atoms with Crippen molar-refractivity contribution in [1.82, 2.24) is 5.32 Å². The van der Waals surface area contributed by atoms with Crippen LogP contribution in [-0.4, -0.2) is 44.7 Å². The van der Waals surface area contributed by atoms with Crippen LogP contribution in [0.15, 0.2) is 0 Å². The summed E-state index contributed by atoms with van der Waals surface area (Å²) in [6.07, 6.45) is 1.73. The maximum absolute atomic E-state index is 10.3. The van der Waals surface area contributed by atoms with E-state index < -0.39 is 12.1 Å². The summed E-state index contributed by atoms with van der Waals surface area (Å²) in [6.45, 7) is 1.30. The zero-order valence-electron chi connectivity index (χ0n) is 6.49. The molecule has 0 aromatic carbocycles. The Morgan fingerprint density at radius 3 is 2.92 bits per heavy atom. The zero-order chi connectivity index (χ0) is 8.81. The van der Waals surface area contributed by atoms with Crippen LogP contribution >= 0.6 is 0 Å². The van der Waals surface area contributed by atoms with Gasteiger partial charge in [0.25, 0.3) is 0 Å². The van der Waals surface area contributed by atoms with Gasteiger partial charge in [-0.1, -0.05) is 0 Å². The van der Waals surface area contributed by atoms with E-state index in [1.165, 1.54) is 0 Å². The molecule has 0 saturated carbocycles. The molecule has 2 atom stereocenters. The lowest BCUT2D eigenvalue weighted by molar-refractivity contribution is -0.115. The van der Waals surface area contributed by atoms with Crippen molar-refractivity contribution in [3.63, 3.8) is 0 Å². The summed E-state index contributed by atoms with van der Waals surface area (Å²) in [5, 5.41) is 2.29. The van der Waals surface area contributed by atoms with Gasteiger partial charge in [-0.15, -0.1) is 0 Å². The normalized spacial score (nSPS) is 25.8. The van der Waals surface area contributed by atoms with E-state index in [1.54, 1.807) is 6.29 Å². The Kier molecular flexibility index (Phi) is 3.69. The van der Waals surface area contributed by atoms with Crippen LogP contribution in [-0.2, 0) is 19.1 Å². The Hall–Kier alpha value is -0.940. The molecule has 0 aromatic heterocycles. The monoisotopic (exact) mass is 172 g/mol. The van der Waals surface area contributed by atoms with Gasteiger partial charge < -0.3 is 14.8 Å². The lowest BCUT2D eigenvalue weighted by Gasteiger charge is -2.26. The molecule has 12 heavy (non-hydrogen) atoms. The van der Waals surface area contributed by atoms with Crippen molar-refractivity contribution in [3.8, 4) is 0 Å². The number of amides is 1. The van der Waals surface area contributed by atoms with Crippen LogP contribution in [0.5, 0.6) is 0 Å². The number of carbonyl (C=O) groups is 1. The van der Waals surface area contributed by atoms with Crippen molar-refractivity contribution in [3.05, 3.63) is 0 Å². The molecule has 1 fully saturated rings. The first-order chi connectivity index (χ1) is 5.88. The summed E-state index contributed by atoms with van der Waals surface area (Å²) in [4.78, 5) is 20.3. The van der Waals surface area contributed by atoms with E-state index in [4.69, 9.17) is 9.47 Å². The van der Waals surface area contributed by atoms with Gasteiger partial charge in [0.15, 0.2) is 0 Å². The van der Waals surface area contributed by atoms with Crippen molar-refractivity contribution in [2.24, 2.45) is 0 Å². The molecule has 0 spiro atoms. The molecule has 2 unspecified atom stereocenters. The number of ether oxygens (including phenoxy) is 2. The Labute approximate surface area is 70.0 Å². The van der Waals surface area contributed by atoms with Gasteiger partial charge in [-0.05, 0) is 0 Å². The first-order valence-electron chi connectivity index (χ1n) is 3.65. The first-order valence-corrected chi connectivity index (χ1v) is 3.65. The van der Waals surface area contributed by atoms with Gasteiger partial charge in [0, 0.05) is 0 Å². The molecule has 1 aliphatic heterocycles. The third kappa shape index (κ3) is 2.28. The second kappa shape index (κ2) is 4.84. The smallest absolute Gasteiger partial charge is 0.225 e. The topological polar surface area (TPSA) is 64.6 Å². The molecule has 1 amide bonds. The van der Waals surface area contributed by atoms with Gasteiger partial charge in [-0.25, -0.2) is 0 Å². The molecule has 0 aromatic rings. The van der Waals surface area contributed by atoms with Crippen LogP contribution in [0.4, 0.5) is 0 Å². The van der Waals surface area contributed by atoms with E-state index in [-0.39, 0.29) is 0 Å². The quantitative estimate of drug-likeness (QED) is 0.531. The highest BCUT2D eigenvalue weighted by Gasteiger charge is 2.24. The van der Waals surface area contributed by atoms with Crippen LogP contribution in [0.1, 0.15) is 0 Å². The Bertz CT molecular complexity index is 155. The second-order valence-corrected chi connectivity index (χ2v) is 2.36. The third-order valence-corrected chi connectivity index (χ3v) is 1.59. The molecule has 67 valence electrons. The Balaban J connectivity index is 2.39. The van der Waals surface area contributed by atoms with Crippen molar-refractivity contribution < 1.29 is 19.1 Å². The summed E-state index contributed by atoms with van der Waals surface area (Å²) < 4.78 is 10.2. The van der Waals surface area contributed by atoms with Crippen LogP contribution in [0.25, 0.3) is 0 Å². The minimum atomic E-state index is -0.720. The summed E-state index contributed by atoms with van der Waals surface area (Å²) >= 11 is 0. The van der Waals surface area contributed by atoms with Gasteiger partial charge >= 0.3 is 0 Å². The number of hydrogen-bond donors (Lipinski definition) is 1. The van der Waals surface area contributed by atoms with Crippen molar-refractivity contribution in [2.45, 2.75) is 12.1 Å². The zero-order valence-corrected chi connectivity index (χ0v) is 6.49. The highest BCUT2D eigenvalue weighted by atomic mass is 16.6. The van der Waals surface area contributed by atoms with Gasteiger partial charge in [0.2, 0.25) is 12.7 Å². The minimum Gasteiger partial charge on any atom is -0.376 e. The average Bonchev–Trinajstić information content (AvgIpc) is 2.15. The van der Waals surface area contributed by atoms with E-state index in [0.29, 0.717) is 26.2 Å². The van der Waals surface area contributed by atoms with Gasteiger partial charge in [0.1, 0.15) is 12.1 Å². The molecule has 0 aliphatic carbocycles. The van der Waals surface area contributed by atoms with Crippen molar-refractivity contribution in [1.29, 1.82) is 0 Å². The fraction of sp³-hybridized carbons (Fsp3) is 0.714.